The van der Waals surface area contributed by atoms with Gasteiger partial charge in [-0.25, -0.2) is 54.6 Å². The van der Waals surface area contributed by atoms with Crippen molar-refractivity contribution in [3.63, 3.8) is 0 Å². The van der Waals surface area contributed by atoms with Gasteiger partial charge in [-0.15, -0.1) is 0 Å². The van der Waals surface area contributed by atoms with Gasteiger partial charge < -0.3 is 33.3 Å². The predicted molar refractivity (Wildman–Crippen MR) is 408 cm³/mol. The number of ether oxygens (including phenoxy) is 6. The van der Waals surface area contributed by atoms with Crippen LogP contribution < -0.4 is 4.74 Å². The van der Waals surface area contributed by atoms with E-state index in [2.05, 4.69) is 203 Å². The number of esters is 1. The molecule has 19 heteroatoms. The lowest BCUT2D eigenvalue weighted by Gasteiger charge is -2.34. The van der Waals surface area contributed by atoms with Gasteiger partial charge in [0.05, 0.1) is 84.7 Å². The van der Waals surface area contributed by atoms with Crippen LogP contribution in [0.1, 0.15) is 369 Å². The highest BCUT2D eigenvalue weighted by molar-refractivity contribution is 5.91. The Labute approximate surface area is 618 Å². The summed E-state index contributed by atoms with van der Waals surface area (Å²) < 4.78 is 34.7. The fraction of sp³-hybridized carbons (Fsp3) is 0.690. The van der Waals surface area contributed by atoms with Gasteiger partial charge in [0.15, 0.2) is 5.69 Å². The van der Waals surface area contributed by atoms with E-state index in [1.807, 2.05) is 39.1 Å². The number of hydrogen-bond donors (Lipinski definition) is 0. The first-order valence-electron chi connectivity index (χ1n) is 38.3. The number of rotatable bonds is 10. The highest BCUT2D eigenvalue weighted by Gasteiger charge is 2.44. The Morgan fingerprint density at radius 1 is 0.563 bits per heavy atom. The van der Waals surface area contributed by atoms with E-state index in [9.17, 15) is 4.79 Å². The van der Waals surface area contributed by atoms with Crippen molar-refractivity contribution in [1.29, 1.82) is 0 Å². The van der Waals surface area contributed by atoms with Gasteiger partial charge in [0.25, 0.3) is 0 Å². The largest absolute Gasteiger partial charge is 0.493 e. The zero-order valence-electron chi connectivity index (χ0n) is 68.5. The number of hydrogen-bond acceptors (Lipinski definition) is 19. The number of fused-ring (bicyclic) bond motifs is 8. The lowest BCUT2D eigenvalue weighted by Crippen LogP contribution is -2.40. The SMILES string of the molecule is CC(C)(C)c1nc2c(c(C(C)(C)C)n1)COC2=O.CC(C)(C)c1ncc2c(n1)C(C)(CCOc1ccncc1)OC2.CC(C)c1nc(C(C)(C)C)c2c(n1)C(C)(CCN1CCC1)OC2.CC(C)c1nc2c(c(C(C)(C)C)n1)CC1CCC2O1.CC(C)c1nc2c(c(C(C)(C)C)n1)CCOC2.CCC. The van der Waals surface area contributed by atoms with E-state index in [4.69, 9.17) is 58.3 Å². The maximum absolute atomic E-state index is 11.7. The number of nitrogens with zero attached hydrogens (tertiary/aromatic N) is 12. The molecule has 0 saturated carbocycles. The number of carbonyl (C=O) groups is 1. The molecule has 0 amide bonds. The fourth-order valence-corrected chi connectivity index (χ4v) is 13.3. The molecule has 13 rings (SSSR count). The Bertz CT molecular complexity index is 3870. The molecular formula is C84H128N12O7. The zero-order valence-corrected chi connectivity index (χ0v) is 68.5. The topological polar surface area (TPSA) is 217 Å². The van der Waals surface area contributed by atoms with Gasteiger partial charge >= 0.3 is 5.97 Å². The highest BCUT2D eigenvalue weighted by Crippen LogP contribution is 2.46. The summed E-state index contributed by atoms with van der Waals surface area (Å²) in [7, 11) is 0. The molecule has 4 unspecified atom stereocenters. The van der Waals surface area contributed by atoms with E-state index in [0.717, 1.165) is 108 Å². The summed E-state index contributed by atoms with van der Waals surface area (Å²) in [5.41, 5.74) is 14.3. The lowest BCUT2D eigenvalue weighted by atomic mass is 9.85. The molecule has 0 radical (unpaired) electrons. The van der Waals surface area contributed by atoms with Crippen molar-refractivity contribution in [3.8, 4) is 5.75 Å². The molecule has 566 valence electrons. The molecule has 0 aliphatic carbocycles. The van der Waals surface area contributed by atoms with Crippen LogP contribution in [0.15, 0.2) is 30.7 Å². The maximum atomic E-state index is 11.7. The third-order valence-electron chi connectivity index (χ3n) is 19.3. The van der Waals surface area contributed by atoms with Crippen LogP contribution >= 0.6 is 0 Å². The Kier molecular flexibility index (Phi) is 26.2. The second-order valence-corrected chi connectivity index (χ2v) is 36.5. The first-order chi connectivity index (χ1) is 47.9. The van der Waals surface area contributed by atoms with E-state index in [-0.39, 0.29) is 50.2 Å². The monoisotopic (exact) mass is 1420 g/mol. The molecule has 0 spiro atoms. The summed E-state index contributed by atoms with van der Waals surface area (Å²) >= 11 is 0. The molecule has 4 atom stereocenters. The predicted octanol–water partition coefficient (Wildman–Crippen LogP) is 17.9. The number of aromatic nitrogens is 11. The summed E-state index contributed by atoms with van der Waals surface area (Å²) in [6, 6.07) is 3.71. The summed E-state index contributed by atoms with van der Waals surface area (Å²) in [5.74, 6) is 5.97. The van der Waals surface area contributed by atoms with Crippen molar-refractivity contribution in [2.75, 3.05) is 32.8 Å². The van der Waals surface area contributed by atoms with Crippen molar-refractivity contribution in [3.05, 3.63) is 139 Å². The van der Waals surface area contributed by atoms with Crippen LogP contribution in [-0.4, -0.2) is 105 Å². The van der Waals surface area contributed by atoms with Crippen LogP contribution in [0.2, 0.25) is 0 Å². The molecular weight excluding hydrogens is 1290 g/mol. The first kappa shape index (κ1) is 82.3. The molecule has 6 aromatic heterocycles. The van der Waals surface area contributed by atoms with E-state index in [0.29, 0.717) is 68.4 Å². The Balaban J connectivity index is 0.000000162. The quantitative estimate of drug-likeness (QED) is 0.116. The van der Waals surface area contributed by atoms with Crippen molar-refractivity contribution in [2.45, 2.75) is 345 Å². The Morgan fingerprint density at radius 3 is 1.65 bits per heavy atom. The van der Waals surface area contributed by atoms with E-state index >= 15 is 0 Å². The maximum Gasteiger partial charge on any atom is 0.357 e. The summed E-state index contributed by atoms with van der Waals surface area (Å²) in [6.45, 7) is 67.4. The molecule has 2 saturated heterocycles. The van der Waals surface area contributed by atoms with Gasteiger partial charge in [-0.3, -0.25) is 4.98 Å². The molecule has 0 N–H and O–H groups in total. The molecule has 103 heavy (non-hydrogen) atoms. The third-order valence-corrected chi connectivity index (χ3v) is 19.3. The van der Waals surface area contributed by atoms with E-state index in [1.165, 1.54) is 71.8 Å². The summed E-state index contributed by atoms with van der Waals surface area (Å²) in [6.07, 6.45) is 14.5. The van der Waals surface area contributed by atoms with Crippen molar-refractivity contribution in [2.24, 2.45) is 0 Å². The molecule has 6 aromatic rings. The normalized spacial score (nSPS) is 20.4. The second kappa shape index (κ2) is 32.8. The summed E-state index contributed by atoms with van der Waals surface area (Å²) in [4.78, 5) is 65.6. The van der Waals surface area contributed by atoms with Crippen molar-refractivity contribution < 1.29 is 33.2 Å². The standard InChI is InChI=1S/C19H31N3O.C18H23N3O2.C16H24N2O.C14H20N2O2.C14H22N2O.C3H8/c1-13(2)17-20-15(18(3,4)5)14-12-23-19(6,16(14)21-17)8-11-22-9-7-10-22;1-17(2,3)16-20-11-13-12-23-18(4,15(13)21-16)7-10-22-14-5-8-19-9-6-14;1-9(2)15-17-13-11(14(18-15)16(3,4)5)8-10-6-7-12(13)19-10;1-13(2,3)10-8-7-18-11(17)9(8)15-12(16-10)14(4,5)6;1-9(2)13-15-11-8-17-7-6-10(11)12(16-13)14(3,4)5;1-3-2/h13H,7-12H2,1-6H3;5-6,8-9,11H,7,10,12H2,1-4H3;9-10,12H,6-8H2,1-5H3;7H2,1-6H3;9H,6-8H2,1-5H3;3H2,1-2H3. The second-order valence-electron chi connectivity index (χ2n) is 36.5. The number of likely N-dealkylation sites (tertiary alicyclic amines) is 1. The highest BCUT2D eigenvalue weighted by atomic mass is 16.5. The van der Waals surface area contributed by atoms with Gasteiger partial charge in [-0.05, 0) is 71.2 Å². The average Bonchev–Trinajstić information content (AvgIpc) is 1.64. The van der Waals surface area contributed by atoms with Crippen LogP contribution in [0.25, 0.3) is 0 Å². The van der Waals surface area contributed by atoms with E-state index in [1.54, 1.807) is 12.4 Å². The molecule has 2 bridgehead atoms. The molecule has 19 nitrogen and oxygen atoms in total. The molecule has 7 aliphatic heterocycles. The van der Waals surface area contributed by atoms with Gasteiger partial charge in [0.1, 0.15) is 58.8 Å². The minimum atomic E-state index is -0.425. The van der Waals surface area contributed by atoms with Crippen molar-refractivity contribution in [1.82, 2.24) is 59.7 Å². The van der Waals surface area contributed by atoms with Gasteiger partial charge in [-0.1, -0.05) is 186 Å². The Morgan fingerprint density at radius 2 is 1.10 bits per heavy atom. The number of pyridine rings is 1. The van der Waals surface area contributed by atoms with Crippen molar-refractivity contribution >= 4 is 5.97 Å². The van der Waals surface area contributed by atoms with Gasteiger partial charge in [-0.2, -0.15) is 0 Å². The van der Waals surface area contributed by atoms with Gasteiger partial charge in [0, 0.05) is 116 Å². The van der Waals surface area contributed by atoms with Gasteiger partial charge in [0.2, 0.25) is 0 Å². The summed E-state index contributed by atoms with van der Waals surface area (Å²) in [5, 5.41) is 0. The fourth-order valence-electron chi connectivity index (χ4n) is 13.3. The first-order valence-corrected chi connectivity index (χ1v) is 38.3. The number of carbonyl (C=O) groups excluding carboxylic acids is 1. The van der Waals surface area contributed by atoms with Crippen LogP contribution in [-0.2, 0) is 107 Å². The Hall–Kier alpha value is -6.38. The third kappa shape index (κ3) is 20.4. The lowest BCUT2D eigenvalue weighted by molar-refractivity contribution is -0.0408. The van der Waals surface area contributed by atoms with Crippen LogP contribution in [0.5, 0.6) is 5.75 Å². The van der Waals surface area contributed by atoms with Crippen LogP contribution in [0.3, 0.4) is 0 Å². The smallest absolute Gasteiger partial charge is 0.357 e. The molecule has 7 aliphatic rings. The number of cyclic esters (lactones) is 1. The molecule has 13 heterocycles. The van der Waals surface area contributed by atoms with Crippen LogP contribution in [0.4, 0.5) is 0 Å². The minimum absolute atomic E-state index is 0.0166. The molecule has 2 fully saturated rings. The average molecular weight is 1420 g/mol. The van der Waals surface area contributed by atoms with E-state index < -0.39 is 5.60 Å². The van der Waals surface area contributed by atoms with Crippen LogP contribution in [0, 0.1) is 0 Å². The zero-order chi connectivity index (χ0) is 76.2. The molecule has 0 aromatic carbocycles. The minimum Gasteiger partial charge on any atom is -0.493 e.